The molecule has 0 fully saturated rings. The number of carbonyl (C=O) groups is 1. The molecule has 10 heavy (non-hydrogen) atoms. The van der Waals surface area contributed by atoms with Gasteiger partial charge in [-0.05, 0) is 23.4 Å². The second kappa shape index (κ2) is 2.95. The van der Waals surface area contributed by atoms with Crippen molar-refractivity contribution in [3.63, 3.8) is 0 Å². The zero-order chi connectivity index (χ0) is 7.61. The van der Waals surface area contributed by atoms with Gasteiger partial charge in [0.05, 0.1) is 0 Å². The first-order valence-corrected chi connectivity index (χ1v) is 4.22. The van der Waals surface area contributed by atoms with Gasteiger partial charge in [0, 0.05) is 6.54 Å². The van der Waals surface area contributed by atoms with Crippen LogP contribution in [0.3, 0.4) is 0 Å². The van der Waals surface area contributed by atoms with Crippen LogP contribution in [0.15, 0.2) is 11.5 Å². The Morgan fingerprint density at radius 1 is 1.90 bits per heavy atom. The fourth-order valence-corrected chi connectivity index (χ4v) is 1.98. The van der Waals surface area contributed by atoms with Gasteiger partial charge < -0.3 is 0 Å². The Bertz CT molecular complexity index is 173. The average molecular weight is 178 g/mol. The molecular weight excluding hydrogens is 170 g/mol. The first-order chi connectivity index (χ1) is 4.73. The topological polar surface area (TPSA) is 20.3 Å². The minimum atomic E-state index is -0.889. The second-order valence-corrected chi connectivity index (χ2v) is 3.48. The molecule has 1 atom stereocenters. The molecule has 0 spiro atoms. The Labute approximate surface area is 69.4 Å². The molecule has 2 nitrogen and oxygen atoms in total. The van der Waals surface area contributed by atoms with Crippen molar-refractivity contribution in [2.24, 2.45) is 0 Å². The minimum absolute atomic E-state index is 0.745. The van der Waals surface area contributed by atoms with Gasteiger partial charge in [-0.15, -0.1) is 0 Å². The molecule has 4 heteroatoms. The van der Waals surface area contributed by atoms with E-state index in [0.29, 0.717) is 0 Å². The summed E-state index contributed by atoms with van der Waals surface area (Å²) in [6.45, 7) is 2.72. The van der Waals surface area contributed by atoms with E-state index in [1.165, 1.54) is 11.9 Å². The van der Waals surface area contributed by atoms with E-state index in [-0.39, 0.29) is 0 Å². The SMILES string of the molecule is CCN1SC=CC1(Cl)C=O. The molecule has 0 saturated heterocycles. The molecule has 1 heterocycles. The number of aldehydes is 1. The molecule has 0 bridgehead atoms. The van der Waals surface area contributed by atoms with Crippen molar-refractivity contribution in [2.45, 2.75) is 11.9 Å². The number of likely N-dealkylation sites (N-methyl/N-ethyl adjacent to an activating group) is 1. The second-order valence-electron chi connectivity index (χ2n) is 1.95. The maximum absolute atomic E-state index is 10.5. The maximum Gasteiger partial charge on any atom is 0.180 e. The average Bonchev–Trinajstić information content (AvgIpc) is 2.32. The summed E-state index contributed by atoms with van der Waals surface area (Å²) in [5, 5.41) is 1.82. The van der Waals surface area contributed by atoms with Crippen LogP contribution in [0, 0.1) is 0 Å². The first kappa shape index (κ1) is 8.11. The molecule has 0 aromatic heterocycles. The Morgan fingerprint density at radius 2 is 2.60 bits per heavy atom. The Balaban J connectivity index is 2.73. The van der Waals surface area contributed by atoms with Crippen LogP contribution in [0.4, 0.5) is 0 Å². The predicted molar refractivity (Wildman–Crippen MR) is 43.8 cm³/mol. The number of halogens is 1. The summed E-state index contributed by atoms with van der Waals surface area (Å²) in [6.07, 6.45) is 2.43. The van der Waals surface area contributed by atoms with E-state index >= 15 is 0 Å². The van der Waals surface area contributed by atoms with Gasteiger partial charge in [0.1, 0.15) is 0 Å². The van der Waals surface area contributed by atoms with E-state index in [1.807, 2.05) is 16.6 Å². The summed E-state index contributed by atoms with van der Waals surface area (Å²) in [5.74, 6) is 0. The van der Waals surface area contributed by atoms with Crippen molar-refractivity contribution in [2.75, 3.05) is 6.54 Å². The maximum atomic E-state index is 10.5. The fourth-order valence-electron chi connectivity index (χ4n) is 0.778. The molecule has 0 amide bonds. The normalized spacial score (nSPS) is 33.0. The van der Waals surface area contributed by atoms with Crippen LogP contribution in [0.2, 0.25) is 0 Å². The third-order valence-corrected chi connectivity index (χ3v) is 2.92. The molecule has 0 radical (unpaired) electrons. The van der Waals surface area contributed by atoms with Crippen molar-refractivity contribution in [1.29, 1.82) is 0 Å². The zero-order valence-electron chi connectivity index (χ0n) is 5.58. The Hall–Kier alpha value is 0.01000. The lowest BCUT2D eigenvalue weighted by molar-refractivity contribution is -0.110. The molecule has 0 saturated carbocycles. The van der Waals surface area contributed by atoms with Gasteiger partial charge in [-0.3, -0.25) is 4.79 Å². The van der Waals surface area contributed by atoms with Gasteiger partial charge in [0.2, 0.25) is 0 Å². The lowest BCUT2D eigenvalue weighted by Gasteiger charge is -2.23. The standard InChI is InChI=1S/C6H8ClNOS/c1-2-8-6(7,5-9)3-4-10-8/h3-5H,2H2,1H3. The van der Waals surface area contributed by atoms with Gasteiger partial charge in [0.25, 0.3) is 0 Å². The molecule has 0 aromatic rings. The quantitative estimate of drug-likeness (QED) is 0.277. The molecule has 56 valence electrons. The Kier molecular flexibility index (Phi) is 2.39. The van der Waals surface area contributed by atoms with E-state index < -0.39 is 5.00 Å². The summed E-state index contributed by atoms with van der Waals surface area (Å²) in [4.78, 5) is 9.57. The third-order valence-electron chi connectivity index (χ3n) is 1.32. The molecule has 1 aliphatic heterocycles. The highest BCUT2D eigenvalue weighted by molar-refractivity contribution is 8.00. The summed E-state index contributed by atoms with van der Waals surface area (Å²) >= 11 is 7.33. The number of carbonyl (C=O) groups excluding carboxylic acids is 1. The summed E-state index contributed by atoms with van der Waals surface area (Å²) in [6, 6.07) is 0. The van der Waals surface area contributed by atoms with Gasteiger partial charge in [-0.25, -0.2) is 4.31 Å². The van der Waals surface area contributed by atoms with Crippen LogP contribution in [-0.4, -0.2) is 22.1 Å². The van der Waals surface area contributed by atoms with Crippen molar-refractivity contribution in [3.05, 3.63) is 11.5 Å². The summed E-state index contributed by atoms with van der Waals surface area (Å²) < 4.78 is 1.81. The van der Waals surface area contributed by atoms with Crippen molar-refractivity contribution < 1.29 is 4.79 Å². The predicted octanol–water partition coefficient (Wildman–Crippen LogP) is 1.62. The lowest BCUT2D eigenvalue weighted by atomic mass is 10.3. The van der Waals surface area contributed by atoms with E-state index in [2.05, 4.69) is 0 Å². The van der Waals surface area contributed by atoms with Crippen LogP contribution in [-0.2, 0) is 4.79 Å². The smallest absolute Gasteiger partial charge is 0.180 e. The van der Waals surface area contributed by atoms with E-state index in [9.17, 15) is 4.79 Å². The number of hydrogen-bond acceptors (Lipinski definition) is 3. The van der Waals surface area contributed by atoms with E-state index in [4.69, 9.17) is 11.6 Å². The number of alkyl halides is 1. The zero-order valence-corrected chi connectivity index (χ0v) is 7.15. The van der Waals surface area contributed by atoms with Crippen LogP contribution in [0.1, 0.15) is 6.92 Å². The monoisotopic (exact) mass is 177 g/mol. The van der Waals surface area contributed by atoms with Gasteiger partial charge >= 0.3 is 0 Å². The van der Waals surface area contributed by atoms with E-state index in [0.717, 1.165) is 12.8 Å². The molecule has 0 aromatic carbocycles. The summed E-state index contributed by atoms with van der Waals surface area (Å²) in [5.41, 5.74) is 0. The number of nitrogens with zero attached hydrogens (tertiary/aromatic N) is 1. The first-order valence-electron chi connectivity index (χ1n) is 3.00. The third kappa shape index (κ3) is 1.21. The Morgan fingerprint density at radius 3 is 3.00 bits per heavy atom. The molecule has 1 rings (SSSR count). The van der Waals surface area contributed by atoms with Crippen molar-refractivity contribution >= 4 is 29.8 Å². The number of hydrogen-bond donors (Lipinski definition) is 0. The highest BCUT2D eigenvalue weighted by atomic mass is 35.5. The van der Waals surface area contributed by atoms with Crippen molar-refractivity contribution in [1.82, 2.24) is 4.31 Å². The van der Waals surface area contributed by atoms with Gasteiger partial charge in [-0.1, -0.05) is 18.5 Å². The highest BCUT2D eigenvalue weighted by Crippen LogP contribution is 2.34. The van der Waals surface area contributed by atoms with Crippen LogP contribution >= 0.6 is 23.5 Å². The number of rotatable bonds is 2. The molecule has 0 N–H and O–H groups in total. The molecule has 1 unspecified atom stereocenters. The summed E-state index contributed by atoms with van der Waals surface area (Å²) in [7, 11) is 0. The molecular formula is C6H8ClNOS. The van der Waals surface area contributed by atoms with Gasteiger partial charge in [-0.2, -0.15) is 0 Å². The lowest BCUT2D eigenvalue weighted by Crippen LogP contribution is -2.35. The van der Waals surface area contributed by atoms with Crippen LogP contribution in [0.25, 0.3) is 0 Å². The largest absolute Gasteiger partial charge is 0.299 e. The van der Waals surface area contributed by atoms with Gasteiger partial charge in [0.15, 0.2) is 11.3 Å². The highest BCUT2D eigenvalue weighted by Gasteiger charge is 2.34. The van der Waals surface area contributed by atoms with Crippen molar-refractivity contribution in [3.8, 4) is 0 Å². The molecule has 1 aliphatic rings. The van der Waals surface area contributed by atoms with E-state index in [1.54, 1.807) is 6.08 Å². The molecule has 0 aliphatic carbocycles. The van der Waals surface area contributed by atoms with Crippen LogP contribution < -0.4 is 0 Å². The van der Waals surface area contributed by atoms with Crippen LogP contribution in [0.5, 0.6) is 0 Å². The minimum Gasteiger partial charge on any atom is -0.299 e. The fraction of sp³-hybridized carbons (Fsp3) is 0.500.